The van der Waals surface area contributed by atoms with Crippen molar-refractivity contribution in [3.63, 3.8) is 0 Å². The summed E-state index contributed by atoms with van der Waals surface area (Å²) in [5, 5.41) is 16.3. The molecule has 1 atom stereocenters. The smallest absolute Gasteiger partial charge is 0.246 e. The predicted octanol–water partition coefficient (Wildman–Crippen LogP) is 1.53. The lowest BCUT2D eigenvalue weighted by Crippen LogP contribution is -2.27. The van der Waals surface area contributed by atoms with Crippen LogP contribution in [0.4, 0.5) is 5.69 Å². The zero-order valence-corrected chi connectivity index (χ0v) is 11.8. The summed E-state index contributed by atoms with van der Waals surface area (Å²) >= 11 is 3.18. The summed E-state index contributed by atoms with van der Waals surface area (Å²) in [6.45, 7) is 0. The summed E-state index contributed by atoms with van der Waals surface area (Å²) < 4.78 is 2.07. The average Bonchev–Trinajstić information content (AvgIpc) is 2.80. The van der Waals surface area contributed by atoms with Crippen molar-refractivity contribution in [3.05, 3.63) is 40.6 Å². The van der Waals surface area contributed by atoms with E-state index in [4.69, 9.17) is 5.73 Å². The largest absolute Gasteiger partial charge is 0.505 e. The second-order valence-electron chi connectivity index (χ2n) is 4.05. The highest BCUT2D eigenvalue weighted by atomic mass is 79.9. The third-order valence-electron chi connectivity index (χ3n) is 2.61. The Morgan fingerprint density at radius 3 is 2.95 bits per heavy atom. The van der Waals surface area contributed by atoms with Crippen LogP contribution in [0, 0.1) is 0 Å². The molecule has 0 aliphatic rings. The van der Waals surface area contributed by atoms with E-state index in [0.29, 0.717) is 15.7 Å². The maximum absolute atomic E-state index is 12.0. The van der Waals surface area contributed by atoms with Gasteiger partial charge in [-0.05, 0) is 28.1 Å². The third-order valence-corrected chi connectivity index (χ3v) is 3.25. The van der Waals surface area contributed by atoms with E-state index in [1.54, 1.807) is 36.1 Å². The van der Waals surface area contributed by atoms with Crippen molar-refractivity contribution in [1.29, 1.82) is 0 Å². The molecule has 1 heterocycles. The molecule has 0 spiro atoms. The van der Waals surface area contributed by atoms with Crippen LogP contribution in [0.5, 0.6) is 5.75 Å². The van der Waals surface area contributed by atoms with Gasteiger partial charge in [0.15, 0.2) is 5.75 Å². The first-order chi connectivity index (χ1) is 8.99. The number of phenols is 1. The van der Waals surface area contributed by atoms with Gasteiger partial charge in [-0.2, -0.15) is 5.10 Å². The number of carbonyl (C=O) groups is 1. The molecule has 1 aromatic heterocycles. The Balaban J connectivity index is 2.15. The van der Waals surface area contributed by atoms with E-state index < -0.39 is 11.9 Å². The van der Waals surface area contributed by atoms with E-state index in [2.05, 4.69) is 26.3 Å². The highest BCUT2D eigenvalue weighted by Gasteiger charge is 2.18. The predicted molar refractivity (Wildman–Crippen MR) is 74.6 cm³/mol. The first-order valence-electron chi connectivity index (χ1n) is 5.51. The van der Waals surface area contributed by atoms with Gasteiger partial charge in [-0.1, -0.05) is 6.07 Å². The van der Waals surface area contributed by atoms with Crippen LogP contribution in [0.25, 0.3) is 0 Å². The molecule has 1 unspecified atom stereocenters. The topological polar surface area (TPSA) is 93.2 Å². The van der Waals surface area contributed by atoms with Crippen LogP contribution in [0.2, 0.25) is 0 Å². The molecule has 7 heteroatoms. The van der Waals surface area contributed by atoms with Crippen molar-refractivity contribution in [1.82, 2.24) is 9.78 Å². The summed E-state index contributed by atoms with van der Waals surface area (Å²) in [5.41, 5.74) is 6.74. The number of halogens is 1. The van der Waals surface area contributed by atoms with E-state index in [0.717, 1.165) is 0 Å². The first-order valence-corrected chi connectivity index (χ1v) is 6.31. The number of aryl methyl sites for hydroxylation is 1. The van der Waals surface area contributed by atoms with Crippen LogP contribution in [0.3, 0.4) is 0 Å². The molecule has 0 radical (unpaired) electrons. The van der Waals surface area contributed by atoms with Crippen molar-refractivity contribution in [2.24, 2.45) is 12.8 Å². The van der Waals surface area contributed by atoms with E-state index >= 15 is 0 Å². The lowest BCUT2D eigenvalue weighted by Gasteiger charge is -2.12. The van der Waals surface area contributed by atoms with Gasteiger partial charge >= 0.3 is 0 Å². The molecule has 4 N–H and O–H groups in total. The molecule has 1 amide bonds. The number of nitrogens with zero attached hydrogens (tertiary/aromatic N) is 2. The quantitative estimate of drug-likeness (QED) is 0.746. The Kier molecular flexibility index (Phi) is 3.87. The van der Waals surface area contributed by atoms with E-state index in [-0.39, 0.29) is 5.75 Å². The zero-order valence-electron chi connectivity index (χ0n) is 10.2. The number of amides is 1. The summed E-state index contributed by atoms with van der Waals surface area (Å²) in [6.07, 6.45) is 3.20. The number of aromatic hydroxyl groups is 1. The number of carbonyl (C=O) groups excluding carboxylic acids is 1. The van der Waals surface area contributed by atoms with Crippen molar-refractivity contribution < 1.29 is 9.90 Å². The zero-order chi connectivity index (χ0) is 14.0. The number of hydrogen-bond donors (Lipinski definition) is 3. The second-order valence-corrected chi connectivity index (χ2v) is 4.90. The van der Waals surface area contributed by atoms with Gasteiger partial charge in [0.25, 0.3) is 0 Å². The Morgan fingerprint density at radius 2 is 2.32 bits per heavy atom. The number of hydrogen-bond acceptors (Lipinski definition) is 4. The monoisotopic (exact) mass is 324 g/mol. The standard InChI is InChI=1S/C12H13BrN4O2/c1-17-6-7(5-15-17)10(14)12(19)16-9-4-2-3-8(13)11(9)18/h2-6,10,18H,14H2,1H3,(H,16,19). The van der Waals surface area contributed by atoms with Crippen molar-refractivity contribution in [3.8, 4) is 5.75 Å². The number of phenolic OH excluding ortho intramolecular Hbond substituents is 1. The molecule has 0 fully saturated rings. The molecule has 19 heavy (non-hydrogen) atoms. The molecular weight excluding hydrogens is 312 g/mol. The first kappa shape index (κ1) is 13.6. The van der Waals surface area contributed by atoms with Crippen molar-refractivity contribution in [2.45, 2.75) is 6.04 Å². The lowest BCUT2D eigenvalue weighted by molar-refractivity contribution is -0.117. The van der Waals surface area contributed by atoms with E-state index in [1.165, 1.54) is 6.20 Å². The molecule has 0 aliphatic heterocycles. The number of benzene rings is 1. The fourth-order valence-corrected chi connectivity index (χ4v) is 1.95. The minimum Gasteiger partial charge on any atom is -0.505 e. The van der Waals surface area contributed by atoms with Gasteiger partial charge < -0.3 is 16.2 Å². The van der Waals surface area contributed by atoms with Crippen LogP contribution in [-0.2, 0) is 11.8 Å². The molecule has 0 aliphatic carbocycles. The van der Waals surface area contributed by atoms with Crippen LogP contribution < -0.4 is 11.1 Å². The number of anilines is 1. The number of para-hydroxylation sites is 1. The molecule has 2 rings (SSSR count). The minimum atomic E-state index is -0.841. The van der Waals surface area contributed by atoms with Gasteiger partial charge in [0.1, 0.15) is 6.04 Å². The van der Waals surface area contributed by atoms with Crippen molar-refractivity contribution in [2.75, 3.05) is 5.32 Å². The SMILES string of the molecule is Cn1cc(C(N)C(=O)Nc2cccc(Br)c2O)cn1. The lowest BCUT2D eigenvalue weighted by atomic mass is 10.1. The minimum absolute atomic E-state index is 0.0331. The highest BCUT2D eigenvalue weighted by Crippen LogP contribution is 2.31. The van der Waals surface area contributed by atoms with Gasteiger partial charge in [0.2, 0.25) is 5.91 Å². The summed E-state index contributed by atoms with van der Waals surface area (Å²) in [6, 6.07) is 4.13. The molecule has 0 saturated heterocycles. The maximum Gasteiger partial charge on any atom is 0.246 e. The Morgan fingerprint density at radius 1 is 1.58 bits per heavy atom. The number of nitrogens with one attached hydrogen (secondary N) is 1. The van der Waals surface area contributed by atoms with Gasteiger partial charge in [-0.25, -0.2) is 0 Å². The molecule has 6 nitrogen and oxygen atoms in total. The van der Waals surface area contributed by atoms with Crippen LogP contribution in [0.15, 0.2) is 35.1 Å². The number of aromatic nitrogens is 2. The Labute approximate surface area is 118 Å². The molecule has 2 aromatic rings. The fraction of sp³-hybridized carbons (Fsp3) is 0.167. The molecule has 1 aromatic carbocycles. The average molecular weight is 325 g/mol. The summed E-state index contributed by atoms with van der Waals surface area (Å²) in [7, 11) is 1.74. The van der Waals surface area contributed by atoms with Gasteiger partial charge in [-0.3, -0.25) is 9.48 Å². The normalized spacial score (nSPS) is 12.2. The highest BCUT2D eigenvalue weighted by molar-refractivity contribution is 9.10. The van der Waals surface area contributed by atoms with Gasteiger partial charge in [-0.15, -0.1) is 0 Å². The van der Waals surface area contributed by atoms with Crippen LogP contribution in [-0.4, -0.2) is 20.8 Å². The summed E-state index contributed by atoms with van der Waals surface area (Å²) in [5.74, 6) is -0.448. The molecule has 100 valence electrons. The Bertz CT molecular complexity index is 612. The molecule has 0 bridgehead atoms. The second kappa shape index (κ2) is 5.41. The van der Waals surface area contributed by atoms with E-state index in [9.17, 15) is 9.90 Å². The van der Waals surface area contributed by atoms with E-state index in [1.807, 2.05) is 0 Å². The van der Waals surface area contributed by atoms with Gasteiger partial charge in [0.05, 0.1) is 16.4 Å². The summed E-state index contributed by atoms with van der Waals surface area (Å²) in [4.78, 5) is 12.0. The maximum atomic E-state index is 12.0. The Hall–Kier alpha value is -1.86. The van der Waals surface area contributed by atoms with Crippen LogP contribution in [0.1, 0.15) is 11.6 Å². The van der Waals surface area contributed by atoms with Crippen molar-refractivity contribution >= 4 is 27.5 Å². The molecular formula is C12H13BrN4O2. The fourth-order valence-electron chi connectivity index (χ4n) is 1.58. The third kappa shape index (κ3) is 2.94. The number of nitrogens with two attached hydrogens (primary N) is 1. The van der Waals surface area contributed by atoms with Gasteiger partial charge in [0, 0.05) is 18.8 Å². The van der Waals surface area contributed by atoms with Crippen LogP contribution >= 0.6 is 15.9 Å². The molecule has 0 saturated carbocycles. The number of rotatable bonds is 3.